The Kier molecular flexibility index (Phi) is 2.11. The third kappa shape index (κ3) is 1.72. The molecule has 0 bridgehead atoms. The van der Waals surface area contributed by atoms with E-state index in [2.05, 4.69) is 6.08 Å². The fourth-order valence-electron chi connectivity index (χ4n) is 0.708. The SMILES string of the molecule is CSC1=CC(=N)CC=C1. The number of rotatable bonds is 1. The maximum Gasteiger partial charge on any atom is 0.0362 e. The molecule has 2 heteroatoms. The van der Waals surface area contributed by atoms with Crippen LogP contribution in [0.2, 0.25) is 0 Å². The van der Waals surface area contributed by atoms with E-state index >= 15 is 0 Å². The maximum atomic E-state index is 7.28. The van der Waals surface area contributed by atoms with Crippen LogP contribution in [-0.2, 0) is 0 Å². The molecule has 0 aliphatic heterocycles. The van der Waals surface area contributed by atoms with Crippen LogP contribution in [0.5, 0.6) is 0 Å². The van der Waals surface area contributed by atoms with Crippen molar-refractivity contribution >= 4 is 17.5 Å². The molecule has 0 saturated heterocycles. The van der Waals surface area contributed by atoms with Crippen LogP contribution in [-0.4, -0.2) is 12.0 Å². The fourth-order valence-corrected chi connectivity index (χ4v) is 1.20. The normalized spacial score (nSPS) is 17.9. The molecule has 48 valence electrons. The van der Waals surface area contributed by atoms with Crippen molar-refractivity contribution in [3.63, 3.8) is 0 Å². The highest BCUT2D eigenvalue weighted by Gasteiger charge is 1.97. The van der Waals surface area contributed by atoms with Gasteiger partial charge in [0.05, 0.1) is 0 Å². The van der Waals surface area contributed by atoms with Crippen molar-refractivity contribution in [2.45, 2.75) is 6.42 Å². The number of thioether (sulfide) groups is 1. The van der Waals surface area contributed by atoms with Crippen molar-refractivity contribution in [3.05, 3.63) is 23.1 Å². The third-order valence-electron chi connectivity index (χ3n) is 1.17. The molecule has 0 atom stereocenters. The van der Waals surface area contributed by atoms with E-state index in [9.17, 15) is 0 Å². The Morgan fingerprint density at radius 3 is 2.89 bits per heavy atom. The minimum absolute atomic E-state index is 0.710. The van der Waals surface area contributed by atoms with E-state index in [1.54, 1.807) is 11.8 Å². The smallest absolute Gasteiger partial charge is 0.0362 e. The molecule has 1 aliphatic carbocycles. The van der Waals surface area contributed by atoms with Crippen LogP contribution >= 0.6 is 11.8 Å². The maximum absolute atomic E-state index is 7.28. The van der Waals surface area contributed by atoms with Gasteiger partial charge in [-0.1, -0.05) is 12.2 Å². The molecule has 1 N–H and O–H groups in total. The summed E-state index contributed by atoms with van der Waals surface area (Å²) in [6, 6.07) is 0. The Hall–Kier alpha value is -0.500. The molecule has 0 aromatic carbocycles. The molecule has 0 fully saturated rings. The molecule has 0 aromatic rings. The zero-order chi connectivity index (χ0) is 6.69. The number of nitrogens with one attached hydrogen (secondary N) is 1. The highest BCUT2D eigenvalue weighted by molar-refractivity contribution is 8.02. The van der Waals surface area contributed by atoms with E-state index in [1.807, 2.05) is 18.4 Å². The Morgan fingerprint density at radius 2 is 2.44 bits per heavy atom. The molecule has 0 amide bonds. The summed E-state index contributed by atoms with van der Waals surface area (Å²) in [5, 5.41) is 7.28. The standard InChI is InChI=1S/C7H9NS/c1-9-7-4-2-3-6(8)5-7/h2,4-5,8H,3H2,1H3. The van der Waals surface area contributed by atoms with Gasteiger partial charge >= 0.3 is 0 Å². The van der Waals surface area contributed by atoms with Crippen LogP contribution in [0.1, 0.15) is 6.42 Å². The molecule has 1 aliphatic rings. The predicted molar refractivity (Wildman–Crippen MR) is 43.1 cm³/mol. The van der Waals surface area contributed by atoms with Gasteiger partial charge in [0.2, 0.25) is 0 Å². The average Bonchev–Trinajstić information content (AvgIpc) is 1.88. The van der Waals surface area contributed by atoms with E-state index in [-0.39, 0.29) is 0 Å². The monoisotopic (exact) mass is 139 g/mol. The second-order valence-electron chi connectivity index (χ2n) is 1.88. The van der Waals surface area contributed by atoms with Crippen LogP contribution in [0.4, 0.5) is 0 Å². The summed E-state index contributed by atoms with van der Waals surface area (Å²) in [5.74, 6) is 0. The lowest BCUT2D eigenvalue weighted by atomic mass is 10.2. The van der Waals surface area contributed by atoms with Gasteiger partial charge in [0, 0.05) is 17.0 Å². The lowest BCUT2D eigenvalue weighted by Crippen LogP contribution is -1.93. The van der Waals surface area contributed by atoms with Crippen LogP contribution in [0.3, 0.4) is 0 Å². The summed E-state index contributed by atoms with van der Waals surface area (Å²) in [6.45, 7) is 0. The lowest BCUT2D eigenvalue weighted by Gasteiger charge is -2.02. The van der Waals surface area contributed by atoms with E-state index < -0.39 is 0 Å². The van der Waals surface area contributed by atoms with E-state index in [4.69, 9.17) is 5.41 Å². The van der Waals surface area contributed by atoms with Crippen LogP contribution < -0.4 is 0 Å². The zero-order valence-electron chi connectivity index (χ0n) is 5.35. The zero-order valence-corrected chi connectivity index (χ0v) is 6.16. The minimum Gasteiger partial charge on any atom is -0.305 e. The van der Waals surface area contributed by atoms with Crippen LogP contribution in [0.15, 0.2) is 23.1 Å². The molecule has 1 rings (SSSR count). The lowest BCUT2D eigenvalue weighted by molar-refractivity contribution is 1.36. The van der Waals surface area contributed by atoms with Crippen molar-refractivity contribution in [1.82, 2.24) is 0 Å². The molecule has 0 aromatic heterocycles. The van der Waals surface area contributed by atoms with Crippen molar-refractivity contribution in [3.8, 4) is 0 Å². The summed E-state index contributed by atoms with van der Waals surface area (Å²) in [7, 11) is 0. The summed E-state index contributed by atoms with van der Waals surface area (Å²) in [5.41, 5.74) is 0.710. The number of allylic oxidation sites excluding steroid dienone is 3. The third-order valence-corrected chi connectivity index (χ3v) is 1.90. The van der Waals surface area contributed by atoms with Gasteiger partial charge in [0.15, 0.2) is 0 Å². The first-order valence-electron chi connectivity index (χ1n) is 2.82. The summed E-state index contributed by atoms with van der Waals surface area (Å²) < 4.78 is 0. The average molecular weight is 139 g/mol. The van der Waals surface area contributed by atoms with Crippen molar-refractivity contribution < 1.29 is 0 Å². The van der Waals surface area contributed by atoms with Gasteiger partial charge in [-0.05, 0) is 12.3 Å². The highest BCUT2D eigenvalue weighted by Crippen LogP contribution is 2.16. The molecule has 1 nitrogen and oxygen atoms in total. The molecule has 0 spiro atoms. The quantitative estimate of drug-likeness (QED) is 0.591. The Morgan fingerprint density at radius 1 is 1.67 bits per heavy atom. The number of hydrogen-bond acceptors (Lipinski definition) is 2. The van der Waals surface area contributed by atoms with Gasteiger partial charge in [-0.3, -0.25) is 0 Å². The van der Waals surface area contributed by atoms with E-state index in [0.29, 0.717) is 5.71 Å². The van der Waals surface area contributed by atoms with Gasteiger partial charge < -0.3 is 5.41 Å². The van der Waals surface area contributed by atoms with Crippen molar-refractivity contribution in [2.24, 2.45) is 0 Å². The van der Waals surface area contributed by atoms with Crippen LogP contribution in [0, 0.1) is 5.41 Å². The van der Waals surface area contributed by atoms with E-state index in [1.165, 1.54) is 4.91 Å². The van der Waals surface area contributed by atoms with Crippen LogP contribution in [0.25, 0.3) is 0 Å². The Balaban J connectivity index is 2.70. The second-order valence-corrected chi connectivity index (χ2v) is 2.76. The largest absolute Gasteiger partial charge is 0.305 e. The van der Waals surface area contributed by atoms with Crippen molar-refractivity contribution in [1.29, 1.82) is 5.41 Å². The molecule has 0 heterocycles. The molecule has 0 radical (unpaired) electrons. The fraction of sp³-hybridized carbons (Fsp3) is 0.286. The van der Waals surface area contributed by atoms with Crippen molar-refractivity contribution in [2.75, 3.05) is 6.26 Å². The van der Waals surface area contributed by atoms with Gasteiger partial charge in [0.25, 0.3) is 0 Å². The summed E-state index contributed by atoms with van der Waals surface area (Å²) in [6.07, 6.45) is 8.81. The van der Waals surface area contributed by atoms with Gasteiger partial charge in [-0.15, -0.1) is 11.8 Å². The molecule has 9 heavy (non-hydrogen) atoms. The van der Waals surface area contributed by atoms with Gasteiger partial charge in [-0.2, -0.15) is 0 Å². The number of hydrogen-bond donors (Lipinski definition) is 1. The topological polar surface area (TPSA) is 23.9 Å². The summed E-state index contributed by atoms with van der Waals surface area (Å²) >= 11 is 1.68. The van der Waals surface area contributed by atoms with E-state index in [0.717, 1.165) is 6.42 Å². The first kappa shape index (κ1) is 6.62. The minimum atomic E-state index is 0.710. The highest BCUT2D eigenvalue weighted by atomic mass is 32.2. The van der Waals surface area contributed by atoms with Gasteiger partial charge in [0.1, 0.15) is 0 Å². The Labute approximate surface area is 59.4 Å². The van der Waals surface area contributed by atoms with Gasteiger partial charge in [-0.25, -0.2) is 0 Å². The molecule has 0 saturated carbocycles. The molecule has 0 unspecified atom stereocenters. The Bertz CT molecular complexity index is 179. The first-order chi connectivity index (χ1) is 4.33. The predicted octanol–water partition coefficient (Wildman–Crippen LogP) is 2.21. The molecular weight excluding hydrogens is 130 g/mol. The first-order valence-corrected chi connectivity index (χ1v) is 4.05. The second kappa shape index (κ2) is 2.87. The molecular formula is C7H9NS. The summed E-state index contributed by atoms with van der Waals surface area (Å²) in [4.78, 5) is 1.19.